The number of hydrogen-bond acceptors (Lipinski definition) is 4. The average molecular weight is 300 g/mol. The topological polar surface area (TPSA) is 82.1 Å². The molecule has 0 saturated carbocycles. The summed E-state index contributed by atoms with van der Waals surface area (Å²) in [4.78, 5) is 2.03. The van der Waals surface area contributed by atoms with Gasteiger partial charge < -0.3 is 20.9 Å². The second-order valence-electron chi connectivity index (χ2n) is 4.04. The number of nitrogens with zero attached hydrogens (tertiary/aromatic N) is 2. The Morgan fingerprint density at radius 1 is 1.53 bits per heavy atom. The summed E-state index contributed by atoms with van der Waals surface area (Å²) >= 11 is 3.40. The lowest BCUT2D eigenvalue weighted by Crippen LogP contribution is -2.25. The second-order valence-corrected chi connectivity index (χ2v) is 4.95. The third kappa shape index (κ3) is 2.53. The van der Waals surface area contributed by atoms with Gasteiger partial charge in [-0.25, -0.2) is 0 Å². The minimum atomic E-state index is -0.311. The molecule has 1 saturated heterocycles. The van der Waals surface area contributed by atoms with E-state index in [2.05, 4.69) is 21.1 Å². The van der Waals surface area contributed by atoms with Crippen LogP contribution in [0.15, 0.2) is 27.8 Å². The molecule has 1 unspecified atom stereocenters. The van der Waals surface area contributed by atoms with Gasteiger partial charge in [0.1, 0.15) is 0 Å². The highest BCUT2D eigenvalue weighted by atomic mass is 79.9. The fraction of sp³-hybridized carbons (Fsp3) is 0.364. The summed E-state index contributed by atoms with van der Waals surface area (Å²) in [7, 11) is 0. The molecule has 1 aromatic carbocycles. The van der Waals surface area contributed by atoms with Crippen molar-refractivity contribution in [2.75, 3.05) is 18.0 Å². The molecular formula is C11H14BrN3O2. The molecule has 2 rings (SSSR count). The first-order valence-corrected chi connectivity index (χ1v) is 6.11. The lowest BCUT2D eigenvalue weighted by atomic mass is 10.1. The van der Waals surface area contributed by atoms with E-state index in [0.29, 0.717) is 12.1 Å². The van der Waals surface area contributed by atoms with Crippen LogP contribution in [0.3, 0.4) is 0 Å². The van der Waals surface area contributed by atoms with E-state index in [1.54, 1.807) is 6.07 Å². The van der Waals surface area contributed by atoms with Crippen LogP contribution in [0.1, 0.15) is 12.0 Å². The molecule has 1 aliphatic rings. The molecule has 4 N–H and O–H groups in total. The van der Waals surface area contributed by atoms with Crippen LogP contribution in [0, 0.1) is 0 Å². The van der Waals surface area contributed by atoms with Crippen LogP contribution in [0.25, 0.3) is 0 Å². The van der Waals surface area contributed by atoms with Crippen molar-refractivity contribution >= 4 is 27.5 Å². The van der Waals surface area contributed by atoms with E-state index in [1.807, 2.05) is 17.0 Å². The zero-order valence-electron chi connectivity index (χ0n) is 9.17. The van der Waals surface area contributed by atoms with E-state index in [0.717, 1.165) is 23.1 Å². The van der Waals surface area contributed by atoms with E-state index in [9.17, 15) is 5.11 Å². The van der Waals surface area contributed by atoms with Gasteiger partial charge in [0.05, 0.1) is 6.10 Å². The molecule has 17 heavy (non-hydrogen) atoms. The van der Waals surface area contributed by atoms with Gasteiger partial charge in [0.15, 0.2) is 5.84 Å². The molecular weight excluding hydrogens is 286 g/mol. The fourth-order valence-electron chi connectivity index (χ4n) is 2.00. The van der Waals surface area contributed by atoms with Gasteiger partial charge in [-0.3, -0.25) is 0 Å². The molecule has 0 aromatic heterocycles. The lowest BCUT2D eigenvalue weighted by Gasteiger charge is -2.21. The van der Waals surface area contributed by atoms with Crippen LogP contribution in [-0.2, 0) is 0 Å². The van der Waals surface area contributed by atoms with Crippen molar-refractivity contribution in [3.05, 3.63) is 28.2 Å². The number of hydrogen-bond donors (Lipinski definition) is 3. The normalized spacial score (nSPS) is 20.9. The van der Waals surface area contributed by atoms with Gasteiger partial charge in [0, 0.05) is 28.8 Å². The summed E-state index contributed by atoms with van der Waals surface area (Å²) in [6.45, 7) is 1.34. The maximum Gasteiger partial charge on any atom is 0.172 e. The molecule has 0 aliphatic carbocycles. The first kappa shape index (κ1) is 12.2. The number of oxime groups is 1. The van der Waals surface area contributed by atoms with Crippen molar-refractivity contribution in [3.8, 4) is 0 Å². The average Bonchev–Trinajstić information content (AvgIpc) is 2.75. The predicted octanol–water partition coefficient (Wildman–Crippen LogP) is 1.11. The summed E-state index contributed by atoms with van der Waals surface area (Å²) < 4.78 is 0.920. The summed E-state index contributed by atoms with van der Waals surface area (Å²) in [5, 5.41) is 21.3. The number of aliphatic hydroxyl groups excluding tert-OH is 1. The molecule has 0 spiro atoms. The molecule has 1 aromatic rings. The van der Waals surface area contributed by atoms with Crippen LogP contribution < -0.4 is 10.6 Å². The molecule has 1 fully saturated rings. The summed E-state index contributed by atoms with van der Waals surface area (Å²) in [6, 6.07) is 5.54. The van der Waals surface area contributed by atoms with Gasteiger partial charge in [0.2, 0.25) is 0 Å². The number of benzene rings is 1. The molecule has 1 aliphatic heterocycles. The number of halogens is 1. The third-order valence-electron chi connectivity index (χ3n) is 2.85. The van der Waals surface area contributed by atoms with E-state index in [-0.39, 0.29) is 11.9 Å². The highest BCUT2D eigenvalue weighted by molar-refractivity contribution is 9.10. The first-order valence-electron chi connectivity index (χ1n) is 5.32. The summed E-state index contributed by atoms with van der Waals surface area (Å²) in [5.41, 5.74) is 7.18. The lowest BCUT2D eigenvalue weighted by molar-refractivity contribution is 0.198. The monoisotopic (exact) mass is 299 g/mol. The minimum absolute atomic E-state index is 0.0777. The van der Waals surface area contributed by atoms with Crippen LogP contribution in [0.5, 0.6) is 0 Å². The van der Waals surface area contributed by atoms with Gasteiger partial charge >= 0.3 is 0 Å². The maximum absolute atomic E-state index is 9.55. The van der Waals surface area contributed by atoms with Crippen molar-refractivity contribution in [2.24, 2.45) is 10.9 Å². The van der Waals surface area contributed by atoms with Crippen LogP contribution in [0.2, 0.25) is 0 Å². The van der Waals surface area contributed by atoms with Crippen LogP contribution in [0.4, 0.5) is 5.69 Å². The molecule has 5 nitrogen and oxygen atoms in total. The Hall–Kier alpha value is -1.27. The van der Waals surface area contributed by atoms with Crippen molar-refractivity contribution < 1.29 is 10.3 Å². The van der Waals surface area contributed by atoms with Crippen LogP contribution >= 0.6 is 15.9 Å². The summed E-state index contributed by atoms with van der Waals surface area (Å²) in [6.07, 6.45) is 0.427. The van der Waals surface area contributed by atoms with Crippen molar-refractivity contribution in [2.45, 2.75) is 12.5 Å². The van der Waals surface area contributed by atoms with E-state index >= 15 is 0 Å². The van der Waals surface area contributed by atoms with Crippen molar-refractivity contribution in [1.82, 2.24) is 0 Å². The minimum Gasteiger partial charge on any atom is -0.409 e. The number of anilines is 1. The first-order chi connectivity index (χ1) is 8.11. The molecule has 92 valence electrons. The third-order valence-corrected chi connectivity index (χ3v) is 3.34. The highest BCUT2D eigenvalue weighted by Crippen LogP contribution is 2.28. The molecule has 1 atom stereocenters. The fourth-order valence-corrected chi connectivity index (χ4v) is 2.35. The Bertz CT molecular complexity index is 450. The molecule has 0 amide bonds. The van der Waals surface area contributed by atoms with Crippen molar-refractivity contribution in [1.29, 1.82) is 0 Å². The smallest absolute Gasteiger partial charge is 0.172 e. The zero-order valence-corrected chi connectivity index (χ0v) is 10.8. The Morgan fingerprint density at radius 2 is 2.29 bits per heavy atom. The Balaban J connectivity index is 2.40. The van der Waals surface area contributed by atoms with E-state index in [1.165, 1.54) is 0 Å². The highest BCUT2D eigenvalue weighted by Gasteiger charge is 2.23. The SMILES string of the molecule is N/C(=N/O)c1ccc(Br)cc1N1CCC(O)C1. The second kappa shape index (κ2) is 4.93. The Morgan fingerprint density at radius 3 is 2.88 bits per heavy atom. The molecule has 6 heteroatoms. The number of nitrogens with two attached hydrogens (primary N) is 1. The van der Waals surface area contributed by atoms with Gasteiger partial charge in [0.25, 0.3) is 0 Å². The number of amidine groups is 1. The molecule has 0 radical (unpaired) electrons. The van der Waals surface area contributed by atoms with Crippen molar-refractivity contribution in [3.63, 3.8) is 0 Å². The quantitative estimate of drug-likeness (QED) is 0.331. The van der Waals surface area contributed by atoms with Gasteiger partial charge in [-0.1, -0.05) is 21.1 Å². The van der Waals surface area contributed by atoms with E-state index < -0.39 is 0 Å². The number of aliphatic hydroxyl groups is 1. The predicted molar refractivity (Wildman–Crippen MR) is 69.5 cm³/mol. The number of β-amino-alcohol motifs (C(OH)–C–C–N with tert-alkyl or cyclic N) is 1. The Labute approximate surface area is 108 Å². The zero-order chi connectivity index (χ0) is 12.4. The maximum atomic E-state index is 9.55. The molecule has 0 bridgehead atoms. The largest absolute Gasteiger partial charge is 0.409 e. The number of rotatable bonds is 2. The van der Waals surface area contributed by atoms with E-state index in [4.69, 9.17) is 10.9 Å². The molecule has 1 heterocycles. The Kier molecular flexibility index (Phi) is 3.54. The van der Waals surface area contributed by atoms with Crippen LogP contribution in [-0.4, -0.2) is 35.3 Å². The van der Waals surface area contributed by atoms with Gasteiger partial charge in [-0.05, 0) is 24.6 Å². The standard InChI is InChI=1S/C11H14BrN3O2/c12-7-1-2-9(11(13)14-17)10(5-7)15-4-3-8(16)6-15/h1-2,5,8,16-17H,3-4,6H2,(H2,13,14). The van der Waals surface area contributed by atoms with Gasteiger partial charge in [-0.15, -0.1) is 0 Å². The van der Waals surface area contributed by atoms with Gasteiger partial charge in [-0.2, -0.15) is 0 Å². The summed E-state index contributed by atoms with van der Waals surface area (Å²) in [5.74, 6) is 0.0777.